The third-order valence-corrected chi connectivity index (χ3v) is 3.81. The Balaban J connectivity index is 1.71. The highest BCUT2D eigenvalue weighted by atomic mass is 19.4. The molecule has 0 unspecified atom stereocenters. The van der Waals surface area contributed by atoms with E-state index in [1.165, 1.54) is 6.92 Å². The molecule has 0 radical (unpaired) electrons. The average molecular weight is 339 g/mol. The van der Waals surface area contributed by atoms with Crippen LogP contribution in [0, 0.1) is 6.92 Å². The van der Waals surface area contributed by atoms with Gasteiger partial charge in [0.1, 0.15) is 11.4 Å². The Labute approximate surface area is 136 Å². The standard InChI is InChI=1S/C15H16F3N5O/c1-10-9-12(15(16,17)18)21-14(20-10)23-7-5-22(6-8-23)13(24)11-3-2-4-19-11/h2-4,9,19H,5-8H2,1H3. The highest BCUT2D eigenvalue weighted by Crippen LogP contribution is 2.29. The van der Waals surface area contributed by atoms with Crippen LogP contribution in [0.15, 0.2) is 24.4 Å². The van der Waals surface area contributed by atoms with E-state index in [0.29, 0.717) is 31.9 Å². The molecule has 24 heavy (non-hydrogen) atoms. The number of rotatable bonds is 2. The summed E-state index contributed by atoms with van der Waals surface area (Å²) in [6.07, 6.45) is -2.84. The summed E-state index contributed by atoms with van der Waals surface area (Å²) in [5.74, 6) is -0.0740. The molecule has 0 saturated carbocycles. The van der Waals surface area contributed by atoms with Crippen molar-refractivity contribution < 1.29 is 18.0 Å². The van der Waals surface area contributed by atoms with Gasteiger partial charge in [0.05, 0.1) is 0 Å². The number of H-pyrrole nitrogens is 1. The first-order valence-corrected chi connectivity index (χ1v) is 7.45. The van der Waals surface area contributed by atoms with Crippen molar-refractivity contribution in [3.8, 4) is 0 Å². The van der Waals surface area contributed by atoms with Crippen LogP contribution in [0.25, 0.3) is 0 Å². The van der Waals surface area contributed by atoms with Gasteiger partial charge in [-0.05, 0) is 25.1 Å². The Morgan fingerprint density at radius 2 is 1.92 bits per heavy atom. The van der Waals surface area contributed by atoms with Gasteiger partial charge in [0.15, 0.2) is 0 Å². The second kappa shape index (κ2) is 6.14. The molecule has 0 aliphatic carbocycles. The SMILES string of the molecule is Cc1cc(C(F)(F)F)nc(N2CCN(C(=O)c3ccc[nH]3)CC2)n1. The Morgan fingerprint density at radius 1 is 1.21 bits per heavy atom. The molecule has 128 valence electrons. The van der Waals surface area contributed by atoms with Crippen LogP contribution in [-0.4, -0.2) is 51.9 Å². The number of anilines is 1. The first-order chi connectivity index (χ1) is 11.3. The van der Waals surface area contributed by atoms with Crippen LogP contribution in [-0.2, 0) is 6.18 Å². The lowest BCUT2D eigenvalue weighted by atomic mass is 10.2. The van der Waals surface area contributed by atoms with Gasteiger partial charge < -0.3 is 14.8 Å². The number of halogens is 3. The number of nitrogens with one attached hydrogen (secondary N) is 1. The second-order valence-electron chi connectivity index (χ2n) is 5.56. The molecule has 2 aromatic heterocycles. The zero-order valence-corrected chi connectivity index (χ0v) is 13.0. The summed E-state index contributed by atoms with van der Waals surface area (Å²) in [7, 11) is 0. The number of amides is 1. The molecule has 9 heteroatoms. The number of aromatic nitrogens is 3. The predicted molar refractivity (Wildman–Crippen MR) is 80.7 cm³/mol. The highest BCUT2D eigenvalue weighted by Gasteiger charge is 2.34. The van der Waals surface area contributed by atoms with Crippen LogP contribution in [0.3, 0.4) is 0 Å². The number of hydrogen-bond donors (Lipinski definition) is 1. The van der Waals surface area contributed by atoms with E-state index in [1.54, 1.807) is 28.1 Å². The van der Waals surface area contributed by atoms with E-state index in [2.05, 4.69) is 15.0 Å². The van der Waals surface area contributed by atoms with Crippen LogP contribution < -0.4 is 4.90 Å². The number of carbonyl (C=O) groups excluding carboxylic acids is 1. The highest BCUT2D eigenvalue weighted by molar-refractivity contribution is 5.92. The molecule has 1 fully saturated rings. The number of carbonyl (C=O) groups is 1. The lowest BCUT2D eigenvalue weighted by Gasteiger charge is -2.34. The number of hydrogen-bond acceptors (Lipinski definition) is 4. The molecule has 0 spiro atoms. The minimum atomic E-state index is -4.51. The van der Waals surface area contributed by atoms with Crippen LogP contribution in [0.2, 0.25) is 0 Å². The Hall–Kier alpha value is -2.58. The lowest BCUT2D eigenvalue weighted by molar-refractivity contribution is -0.141. The van der Waals surface area contributed by atoms with E-state index in [9.17, 15) is 18.0 Å². The predicted octanol–water partition coefficient (Wildman–Crippen LogP) is 2.09. The van der Waals surface area contributed by atoms with Crippen LogP contribution in [0.1, 0.15) is 21.9 Å². The summed E-state index contributed by atoms with van der Waals surface area (Å²) in [6.45, 7) is 3.07. The molecular weight excluding hydrogens is 323 g/mol. The van der Waals surface area contributed by atoms with Crippen molar-refractivity contribution in [2.24, 2.45) is 0 Å². The van der Waals surface area contributed by atoms with Gasteiger partial charge in [-0.25, -0.2) is 9.97 Å². The summed E-state index contributed by atoms with van der Waals surface area (Å²) in [5.41, 5.74) is -0.193. The fourth-order valence-corrected chi connectivity index (χ4v) is 2.58. The molecule has 1 aliphatic heterocycles. The van der Waals surface area contributed by atoms with E-state index < -0.39 is 11.9 Å². The quantitative estimate of drug-likeness (QED) is 0.910. The summed E-state index contributed by atoms with van der Waals surface area (Å²) in [4.78, 5) is 26.1. The molecule has 6 nitrogen and oxygen atoms in total. The van der Waals surface area contributed by atoms with E-state index >= 15 is 0 Å². The summed E-state index contributed by atoms with van der Waals surface area (Å²) < 4.78 is 38.6. The van der Waals surface area contributed by atoms with E-state index in [-0.39, 0.29) is 17.5 Å². The molecular formula is C15H16F3N5O. The van der Waals surface area contributed by atoms with Crippen molar-refractivity contribution in [3.63, 3.8) is 0 Å². The monoisotopic (exact) mass is 339 g/mol. The molecule has 1 saturated heterocycles. The van der Waals surface area contributed by atoms with Crippen LogP contribution >= 0.6 is 0 Å². The van der Waals surface area contributed by atoms with Gasteiger partial charge in [-0.15, -0.1) is 0 Å². The van der Waals surface area contributed by atoms with Crippen molar-refractivity contribution in [3.05, 3.63) is 41.5 Å². The normalized spacial score (nSPS) is 15.7. The number of aryl methyl sites for hydroxylation is 1. The molecule has 1 N–H and O–H groups in total. The van der Waals surface area contributed by atoms with Gasteiger partial charge in [-0.1, -0.05) is 0 Å². The molecule has 0 aromatic carbocycles. The summed E-state index contributed by atoms with van der Waals surface area (Å²) in [6, 6.07) is 4.35. The molecule has 3 rings (SSSR count). The fraction of sp³-hybridized carbons (Fsp3) is 0.400. The Bertz CT molecular complexity index is 721. The molecule has 3 heterocycles. The first-order valence-electron chi connectivity index (χ1n) is 7.45. The maximum Gasteiger partial charge on any atom is 0.433 e. The third kappa shape index (κ3) is 3.34. The smallest absolute Gasteiger partial charge is 0.357 e. The Morgan fingerprint density at radius 3 is 2.50 bits per heavy atom. The lowest BCUT2D eigenvalue weighted by Crippen LogP contribution is -2.49. The van der Waals surface area contributed by atoms with Gasteiger partial charge in [-0.3, -0.25) is 4.79 Å². The summed E-state index contributed by atoms with van der Waals surface area (Å²) >= 11 is 0. The molecule has 1 aliphatic rings. The van der Waals surface area contributed by atoms with Gasteiger partial charge in [0.25, 0.3) is 5.91 Å². The maximum atomic E-state index is 12.9. The minimum Gasteiger partial charge on any atom is -0.357 e. The van der Waals surface area contributed by atoms with Gasteiger partial charge in [0, 0.05) is 38.1 Å². The minimum absolute atomic E-state index is 0.0503. The number of aromatic amines is 1. The number of piperazine rings is 1. The molecule has 1 amide bonds. The number of alkyl halides is 3. The van der Waals surface area contributed by atoms with E-state index in [0.717, 1.165) is 6.07 Å². The average Bonchev–Trinajstić information content (AvgIpc) is 3.07. The fourth-order valence-electron chi connectivity index (χ4n) is 2.58. The van der Waals surface area contributed by atoms with Crippen molar-refractivity contribution in [1.82, 2.24) is 19.9 Å². The van der Waals surface area contributed by atoms with E-state index in [1.807, 2.05) is 0 Å². The van der Waals surface area contributed by atoms with Gasteiger partial charge >= 0.3 is 6.18 Å². The van der Waals surface area contributed by atoms with Crippen molar-refractivity contribution in [2.75, 3.05) is 31.1 Å². The van der Waals surface area contributed by atoms with Crippen LogP contribution in [0.4, 0.5) is 19.1 Å². The van der Waals surface area contributed by atoms with Gasteiger partial charge in [0.2, 0.25) is 5.95 Å². The zero-order valence-electron chi connectivity index (χ0n) is 13.0. The zero-order chi connectivity index (χ0) is 17.3. The maximum absolute atomic E-state index is 12.9. The summed E-state index contributed by atoms with van der Waals surface area (Å²) in [5, 5.41) is 0. The number of nitrogens with zero attached hydrogens (tertiary/aromatic N) is 4. The van der Waals surface area contributed by atoms with Gasteiger partial charge in [-0.2, -0.15) is 13.2 Å². The third-order valence-electron chi connectivity index (χ3n) is 3.81. The molecule has 0 bridgehead atoms. The largest absolute Gasteiger partial charge is 0.433 e. The van der Waals surface area contributed by atoms with Crippen molar-refractivity contribution >= 4 is 11.9 Å². The topological polar surface area (TPSA) is 65.1 Å². The second-order valence-corrected chi connectivity index (χ2v) is 5.56. The van der Waals surface area contributed by atoms with E-state index in [4.69, 9.17) is 0 Å². The molecule has 0 atom stereocenters. The van der Waals surface area contributed by atoms with Crippen LogP contribution in [0.5, 0.6) is 0 Å². The Kier molecular flexibility index (Phi) is 4.16. The van der Waals surface area contributed by atoms with Crippen molar-refractivity contribution in [1.29, 1.82) is 0 Å². The molecule has 2 aromatic rings. The first kappa shape index (κ1) is 16.3. The van der Waals surface area contributed by atoms with Crippen molar-refractivity contribution in [2.45, 2.75) is 13.1 Å².